The summed E-state index contributed by atoms with van der Waals surface area (Å²) >= 11 is 0. The van der Waals surface area contributed by atoms with E-state index in [1.54, 1.807) is 6.92 Å². The fraction of sp³-hybridized carbons (Fsp3) is 0.533. The number of aliphatic hydroxyl groups excluding tert-OH is 1. The normalized spacial score (nSPS) is 13.6. The first-order valence-corrected chi connectivity index (χ1v) is 6.66. The van der Waals surface area contributed by atoms with E-state index in [-0.39, 0.29) is 19.3 Å². The lowest BCUT2D eigenvalue weighted by Gasteiger charge is -2.16. The highest BCUT2D eigenvalue weighted by Gasteiger charge is 2.11. The molecule has 1 rings (SSSR count). The maximum atomic E-state index is 9.79. The second-order valence-electron chi connectivity index (χ2n) is 5.03. The largest absolute Gasteiger partial charge is 0.490 e. The molecule has 0 aliphatic heterocycles. The molecule has 20 heavy (non-hydrogen) atoms. The Bertz CT molecular complexity index is 457. The molecule has 0 spiro atoms. The van der Waals surface area contributed by atoms with E-state index < -0.39 is 6.10 Å². The number of ether oxygens (including phenoxy) is 2. The molecule has 0 saturated heterocycles. The van der Waals surface area contributed by atoms with Crippen LogP contribution >= 0.6 is 0 Å². The maximum absolute atomic E-state index is 9.79. The van der Waals surface area contributed by atoms with Crippen molar-refractivity contribution in [3.63, 3.8) is 0 Å². The van der Waals surface area contributed by atoms with Crippen LogP contribution in [0.15, 0.2) is 23.4 Å². The lowest BCUT2D eigenvalue weighted by Crippen LogP contribution is -2.25. The van der Waals surface area contributed by atoms with Gasteiger partial charge in [0.1, 0.15) is 18.5 Å². The number of benzene rings is 1. The van der Waals surface area contributed by atoms with Gasteiger partial charge >= 0.3 is 0 Å². The minimum atomic E-state index is -0.697. The van der Waals surface area contributed by atoms with Crippen LogP contribution in [-0.2, 0) is 4.74 Å². The van der Waals surface area contributed by atoms with Crippen molar-refractivity contribution in [3.05, 3.63) is 29.3 Å². The molecule has 0 fully saturated rings. The summed E-state index contributed by atoms with van der Waals surface area (Å²) in [6.07, 6.45) is -0.625. The van der Waals surface area contributed by atoms with Crippen LogP contribution in [0.5, 0.6) is 5.75 Å². The molecule has 5 nitrogen and oxygen atoms in total. The van der Waals surface area contributed by atoms with E-state index in [1.807, 2.05) is 39.0 Å². The molecule has 0 heterocycles. The van der Waals surface area contributed by atoms with E-state index in [0.29, 0.717) is 17.0 Å². The molecule has 1 unspecified atom stereocenters. The highest BCUT2D eigenvalue weighted by atomic mass is 16.5. The SMILES string of the molecule is CC(=NO)c1ccc(C)cc1OCC(O)COC(C)C. The molecule has 0 bridgehead atoms. The van der Waals surface area contributed by atoms with Crippen molar-refractivity contribution in [1.82, 2.24) is 0 Å². The summed E-state index contributed by atoms with van der Waals surface area (Å²) in [5.41, 5.74) is 2.20. The van der Waals surface area contributed by atoms with Gasteiger partial charge in [0.05, 0.1) is 18.4 Å². The quantitative estimate of drug-likeness (QED) is 0.457. The second-order valence-corrected chi connectivity index (χ2v) is 5.03. The Labute approximate surface area is 119 Å². The van der Waals surface area contributed by atoms with Gasteiger partial charge in [-0.25, -0.2) is 0 Å². The Hall–Kier alpha value is -1.59. The molecule has 0 amide bonds. The number of aryl methyl sites for hydroxylation is 1. The number of rotatable bonds is 7. The molecule has 112 valence electrons. The zero-order chi connectivity index (χ0) is 15.1. The Kier molecular flexibility index (Phi) is 6.48. The van der Waals surface area contributed by atoms with Crippen LogP contribution in [0.25, 0.3) is 0 Å². The summed E-state index contributed by atoms with van der Waals surface area (Å²) in [6.45, 7) is 7.81. The summed E-state index contributed by atoms with van der Waals surface area (Å²) in [5.74, 6) is 0.587. The predicted octanol–water partition coefficient (Wildman–Crippen LogP) is 2.36. The van der Waals surface area contributed by atoms with Gasteiger partial charge in [0, 0.05) is 5.56 Å². The molecule has 2 N–H and O–H groups in total. The van der Waals surface area contributed by atoms with Crippen LogP contribution in [0.2, 0.25) is 0 Å². The lowest BCUT2D eigenvalue weighted by atomic mass is 10.1. The molecular formula is C15H23NO4. The Morgan fingerprint density at radius 3 is 2.60 bits per heavy atom. The second kappa shape index (κ2) is 7.87. The van der Waals surface area contributed by atoms with E-state index in [2.05, 4.69) is 5.16 Å². The minimum absolute atomic E-state index is 0.0722. The molecule has 1 aromatic rings. The first-order valence-electron chi connectivity index (χ1n) is 6.66. The Morgan fingerprint density at radius 1 is 1.30 bits per heavy atom. The van der Waals surface area contributed by atoms with Gasteiger partial charge in [0.25, 0.3) is 0 Å². The third-order valence-electron chi connectivity index (χ3n) is 2.73. The van der Waals surface area contributed by atoms with Crippen LogP contribution in [0, 0.1) is 6.92 Å². The maximum Gasteiger partial charge on any atom is 0.128 e. The van der Waals surface area contributed by atoms with Crippen molar-refractivity contribution in [2.75, 3.05) is 13.2 Å². The lowest BCUT2D eigenvalue weighted by molar-refractivity contribution is -0.0123. The molecule has 1 aromatic carbocycles. The molecule has 0 saturated carbocycles. The van der Waals surface area contributed by atoms with Crippen molar-refractivity contribution in [2.24, 2.45) is 5.16 Å². The highest BCUT2D eigenvalue weighted by molar-refractivity contribution is 6.00. The molecule has 0 aromatic heterocycles. The van der Waals surface area contributed by atoms with Crippen LogP contribution < -0.4 is 4.74 Å². The zero-order valence-electron chi connectivity index (χ0n) is 12.5. The smallest absolute Gasteiger partial charge is 0.128 e. The third-order valence-corrected chi connectivity index (χ3v) is 2.73. The number of nitrogens with zero attached hydrogens (tertiary/aromatic N) is 1. The van der Waals surface area contributed by atoms with Gasteiger partial charge in [0.2, 0.25) is 0 Å². The fourth-order valence-electron chi connectivity index (χ4n) is 1.64. The van der Waals surface area contributed by atoms with Crippen LogP contribution in [0.1, 0.15) is 31.9 Å². The average Bonchev–Trinajstić information content (AvgIpc) is 2.42. The van der Waals surface area contributed by atoms with Crippen LogP contribution in [0.3, 0.4) is 0 Å². The summed E-state index contributed by atoms with van der Waals surface area (Å²) in [7, 11) is 0. The van der Waals surface area contributed by atoms with Crippen molar-refractivity contribution >= 4 is 5.71 Å². The van der Waals surface area contributed by atoms with Crippen LogP contribution in [0.4, 0.5) is 0 Å². The molecule has 0 aliphatic carbocycles. The fourth-order valence-corrected chi connectivity index (χ4v) is 1.64. The van der Waals surface area contributed by atoms with E-state index in [4.69, 9.17) is 14.7 Å². The number of hydrogen-bond donors (Lipinski definition) is 2. The van der Waals surface area contributed by atoms with Gasteiger partial charge < -0.3 is 19.8 Å². The summed E-state index contributed by atoms with van der Waals surface area (Å²) in [4.78, 5) is 0. The van der Waals surface area contributed by atoms with Gasteiger partial charge in [-0.3, -0.25) is 0 Å². The van der Waals surface area contributed by atoms with E-state index in [0.717, 1.165) is 5.56 Å². The van der Waals surface area contributed by atoms with Gasteiger partial charge in [-0.15, -0.1) is 0 Å². The molecule has 5 heteroatoms. The van der Waals surface area contributed by atoms with Gasteiger partial charge in [-0.05, 0) is 45.4 Å². The first kappa shape index (κ1) is 16.5. The van der Waals surface area contributed by atoms with E-state index >= 15 is 0 Å². The predicted molar refractivity (Wildman–Crippen MR) is 77.8 cm³/mol. The Morgan fingerprint density at radius 2 is 2.00 bits per heavy atom. The highest BCUT2D eigenvalue weighted by Crippen LogP contribution is 2.21. The number of aliphatic hydroxyl groups is 1. The molecule has 1 atom stereocenters. The van der Waals surface area contributed by atoms with Crippen molar-refractivity contribution in [2.45, 2.75) is 39.9 Å². The van der Waals surface area contributed by atoms with Crippen LogP contribution in [-0.4, -0.2) is 41.4 Å². The Balaban J connectivity index is 2.69. The molecular weight excluding hydrogens is 258 g/mol. The molecule has 0 aliphatic rings. The van der Waals surface area contributed by atoms with Gasteiger partial charge in [-0.2, -0.15) is 0 Å². The summed E-state index contributed by atoms with van der Waals surface area (Å²) in [6, 6.07) is 5.59. The number of oxime groups is 1. The van der Waals surface area contributed by atoms with Crippen molar-refractivity contribution < 1.29 is 19.8 Å². The number of hydrogen-bond acceptors (Lipinski definition) is 5. The summed E-state index contributed by atoms with van der Waals surface area (Å²) < 4.78 is 10.9. The topological polar surface area (TPSA) is 71.3 Å². The third kappa shape index (κ3) is 5.19. The average molecular weight is 281 g/mol. The zero-order valence-corrected chi connectivity index (χ0v) is 12.5. The standard InChI is InChI=1S/C15H23NO4/c1-10(2)19-8-13(17)9-20-15-7-11(3)5-6-14(15)12(4)16-18/h5-7,10,13,17-18H,8-9H2,1-4H3. The van der Waals surface area contributed by atoms with E-state index in [9.17, 15) is 5.11 Å². The first-order chi connectivity index (χ1) is 9.43. The van der Waals surface area contributed by atoms with Crippen molar-refractivity contribution in [3.8, 4) is 5.75 Å². The monoisotopic (exact) mass is 281 g/mol. The van der Waals surface area contributed by atoms with Crippen molar-refractivity contribution in [1.29, 1.82) is 0 Å². The van der Waals surface area contributed by atoms with Gasteiger partial charge in [0.15, 0.2) is 0 Å². The summed E-state index contributed by atoms with van der Waals surface area (Å²) in [5, 5.41) is 21.8. The van der Waals surface area contributed by atoms with E-state index in [1.165, 1.54) is 0 Å². The van der Waals surface area contributed by atoms with Gasteiger partial charge in [-0.1, -0.05) is 11.2 Å². The molecule has 0 radical (unpaired) electrons. The minimum Gasteiger partial charge on any atom is -0.490 e.